The van der Waals surface area contributed by atoms with E-state index in [-0.39, 0.29) is 28.8 Å². The first-order chi connectivity index (χ1) is 15.1. The van der Waals surface area contributed by atoms with Crippen LogP contribution in [0.1, 0.15) is 51.9 Å². The second-order valence-electron chi connectivity index (χ2n) is 7.82. The van der Waals surface area contributed by atoms with Crippen LogP contribution >= 0.6 is 0 Å². The molecular formula is C22H27FN2O6S. The standard InChI is InChI=1S/C22H27FN2O6S/c1-13-19(14(2)24-20(13)22(27)30-4)21(26)15(3)25(12-17-6-5-11-31-17)32(28,29)18-9-7-16(23)8-10-18/h7-10,15,17,24H,5-6,11-12H2,1-4H3. The normalized spacial score (nSPS) is 17.5. The quantitative estimate of drug-likeness (QED) is 0.474. The molecular weight excluding hydrogens is 439 g/mol. The average Bonchev–Trinajstić information content (AvgIpc) is 3.38. The van der Waals surface area contributed by atoms with E-state index in [9.17, 15) is 22.4 Å². The van der Waals surface area contributed by atoms with E-state index in [4.69, 9.17) is 9.47 Å². The van der Waals surface area contributed by atoms with Crippen LogP contribution in [-0.4, -0.2) is 61.9 Å². The zero-order valence-corrected chi connectivity index (χ0v) is 19.3. The van der Waals surface area contributed by atoms with Gasteiger partial charge in [-0.25, -0.2) is 17.6 Å². The predicted octanol–water partition coefficient (Wildman–Crippen LogP) is 3.00. The highest BCUT2D eigenvalue weighted by Gasteiger charge is 2.38. The fourth-order valence-corrected chi connectivity index (χ4v) is 5.59. The fraction of sp³-hybridized carbons (Fsp3) is 0.455. The number of carbonyl (C=O) groups excluding carboxylic acids is 2. The van der Waals surface area contributed by atoms with Crippen LogP contribution in [-0.2, 0) is 19.5 Å². The number of hydrogen-bond acceptors (Lipinski definition) is 6. The topological polar surface area (TPSA) is 106 Å². The van der Waals surface area contributed by atoms with Crippen LogP contribution in [0.4, 0.5) is 4.39 Å². The molecule has 2 atom stereocenters. The second-order valence-corrected chi connectivity index (χ2v) is 9.71. The van der Waals surface area contributed by atoms with Gasteiger partial charge in [0.25, 0.3) is 0 Å². The Morgan fingerprint density at radius 3 is 2.50 bits per heavy atom. The summed E-state index contributed by atoms with van der Waals surface area (Å²) in [5, 5.41) is 0. The van der Waals surface area contributed by atoms with Crippen molar-refractivity contribution >= 4 is 21.8 Å². The van der Waals surface area contributed by atoms with Gasteiger partial charge in [-0.05, 0) is 63.4 Å². The highest BCUT2D eigenvalue weighted by molar-refractivity contribution is 7.89. The molecule has 1 aromatic heterocycles. The van der Waals surface area contributed by atoms with E-state index in [0.717, 1.165) is 22.9 Å². The summed E-state index contributed by atoms with van der Waals surface area (Å²) in [6.45, 7) is 5.25. The molecule has 0 bridgehead atoms. The van der Waals surface area contributed by atoms with Crippen molar-refractivity contribution in [2.75, 3.05) is 20.3 Å². The molecule has 10 heteroatoms. The van der Waals surface area contributed by atoms with E-state index in [2.05, 4.69) is 4.98 Å². The number of methoxy groups -OCH3 is 1. The molecule has 3 rings (SSSR count). The lowest BCUT2D eigenvalue weighted by Gasteiger charge is -2.29. The van der Waals surface area contributed by atoms with Crippen molar-refractivity contribution in [3.05, 3.63) is 52.6 Å². The average molecular weight is 467 g/mol. The molecule has 0 saturated carbocycles. The summed E-state index contributed by atoms with van der Waals surface area (Å²) < 4.78 is 51.7. The summed E-state index contributed by atoms with van der Waals surface area (Å²) in [7, 11) is -2.90. The number of benzene rings is 1. The minimum Gasteiger partial charge on any atom is -0.464 e. The van der Waals surface area contributed by atoms with Crippen LogP contribution in [0, 0.1) is 19.7 Å². The summed E-state index contributed by atoms with van der Waals surface area (Å²) in [5.74, 6) is -1.64. The van der Waals surface area contributed by atoms with Crippen LogP contribution in [0.2, 0.25) is 0 Å². The molecule has 1 N–H and O–H groups in total. The van der Waals surface area contributed by atoms with Gasteiger partial charge in [0.15, 0.2) is 5.78 Å². The smallest absolute Gasteiger partial charge is 0.354 e. The number of aryl methyl sites for hydroxylation is 1. The predicted molar refractivity (Wildman–Crippen MR) is 115 cm³/mol. The summed E-state index contributed by atoms with van der Waals surface area (Å²) in [4.78, 5) is 28.2. The lowest BCUT2D eigenvalue weighted by Crippen LogP contribution is -2.47. The number of ether oxygens (including phenoxy) is 2. The van der Waals surface area contributed by atoms with Gasteiger partial charge in [0.05, 0.1) is 24.2 Å². The van der Waals surface area contributed by atoms with Crippen LogP contribution in [0.25, 0.3) is 0 Å². The number of ketones is 1. The molecule has 2 heterocycles. The number of carbonyl (C=O) groups is 2. The third-order valence-electron chi connectivity index (χ3n) is 5.71. The minimum atomic E-state index is -4.13. The van der Waals surface area contributed by atoms with Crippen LogP contribution < -0.4 is 0 Å². The lowest BCUT2D eigenvalue weighted by molar-refractivity contribution is 0.0593. The third kappa shape index (κ3) is 4.62. The van der Waals surface area contributed by atoms with Crippen LogP contribution in [0.3, 0.4) is 0 Å². The molecule has 1 aliphatic rings. The van der Waals surface area contributed by atoms with E-state index in [0.29, 0.717) is 24.3 Å². The molecule has 0 spiro atoms. The second kappa shape index (κ2) is 9.51. The number of aromatic amines is 1. The number of halogens is 1. The minimum absolute atomic E-state index is 0.0149. The lowest BCUT2D eigenvalue weighted by atomic mass is 10.0. The Morgan fingerprint density at radius 2 is 1.94 bits per heavy atom. The Labute approximate surface area is 186 Å². The molecule has 0 radical (unpaired) electrons. The number of Topliss-reactive ketones (excluding diaryl/α,β-unsaturated/α-hetero) is 1. The number of nitrogens with one attached hydrogen (secondary N) is 1. The maximum Gasteiger partial charge on any atom is 0.354 e. The zero-order valence-electron chi connectivity index (χ0n) is 18.5. The van der Waals surface area contributed by atoms with Crippen molar-refractivity contribution < 1.29 is 31.9 Å². The molecule has 0 amide bonds. The summed E-state index contributed by atoms with van der Waals surface area (Å²) in [6.07, 6.45) is 1.13. The Morgan fingerprint density at radius 1 is 1.28 bits per heavy atom. The van der Waals surface area contributed by atoms with Gasteiger partial charge in [-0.2, -0.15) is 4.31 Å². The van der Waals surface area contributed by atoms with Crippen molar-refractivity contribution in [3.63, 3.8) is 0 Å². The van der Waals surface area contributed by atoms with Gasteiger partial charge < -0.3 is 14.5 Å². The van der Waals surface area contributed by atoms with Crippen LogP contribution in [0.15, 0.2) is 29.2 Å². The molecule has 1 saturated heterocycles. The maximum absolute atomic E-state index is 13.5. The Bertz CT molecular complexity index is 1100. The molecule has 2 unspecified atom stereocenters. The largest absolute Gasteiger partial charge is 0.464 e. The fourth-order valence-electron chi connectivity index (χ4n) is 3.96. The van der Waals surface area contributed by atoms with E-state index in [1.165, 1.54) is 26.2 Å². The highest BCUT2D eigenvalue weighted by Crippen LogP contribution is 2.27. The number of sulfonamides is 1. The molecule has 1 aromatic carbocycles. The van der Waals surface area contributed by atoms with Gasteiger partial charge in [-0.1, -0.05) is 0 Å². The number of aromatic nitrogens is 1. The zero-order chi connectivity index (χ0) is 23.6. The van der Waals surface area contributed by atoms with E-state index >= 15 is 0 Å². The first-order valence-electron chi connectivity index (χ1n) is 10.3. The molecule has 32 heavy (non-hydrogen) atoms. The van der Waals surface area contributed by atoms with Crippen molar-refractivity contribution in [1.82, 2.24) is 9.29 Å². The van der Waals surface area contributed by atoms with Crippen LogP contribution in [0.5, 0.6) is 0 Å². The van der Waals surface area contributed by atoms with Gasteiger partial charge in [0.2, 0.25) is 10.0 Å². The number of rotatable bonds is 8. The molecule has 174 valence electrons. The number of hydrogen-bond donors (Lipinski definition) is 1. The molecule has 0 aliphatic carbocycles. The monoisotopic (exact) mass is 466 g/mol. The van der Waals surface area contributed by atoms with Gasteiger partial charge in [0.1, 0.15) is 11.5 Å². The van der Waals surface area contributed by atoms with Crippen molar-refractivity contribution in [2.45, 2.75) is 50.7 Å². The summed E-state index contributed by atoms with van der Waals surface area (Å²) in [6, 6.07) is 3.38. The van der Waals surface area contributed by atoms with E-state index in [1.807, 2.05) is 0 Å². The van der Waals surface area contributed by atoms with E-state index in [1.54, 1.807) is 13.8 Å². The van der Waals surface area contributed by atoms with E-state index < -0.39 is 33.6 Å². The Hall–Kier alpha value is -2.56. The van der Waals surface area contributed by atoms with Gasteiger partial charge in [-0.15, -0.1) is 0 Å². The molecule has 1 aliphatic heterocycles. The number of esters is 1. The summed E-state index contributed by atoms with van der Waals surface area (Å²) >= 11 is 0. The molecule has 8 nitrogen and oxygen atoms in total. The SMILES string of the molecule is COC(=O)c1[nH]c(C)c(C(=O)C(C)N(CC2CCCO2)S(=O)(=O)c2ccc(F)cc2)c1C. The Balaban J connectivity index is 2.01. The first-order valence-corrected chi connectivity index (χ1v) is 11.7. The Kier molecular flexibility index (Phi) is 7.16. The van der Waals surface area contributed by atoms with Crippen molar-refractivity contribution in [1.29, 1.82) is 0 Å². The number of nitrogens with zero attached hydrogens (tertiary/aromatic N) is 1. The first kappa shape index (κ1) is 24.1. The maximum atomic E-state index is 13.5. The summed E-state index contributed by atoms with van der Waals surface area (Å²) in [5.41, 5.74) is 1.22. The molecule has 2 aromatic rings. The van der Waals surface area contributed by atoms with Gasteiger partial charge in [0, 0.05) is 24.4 Å². The van der Waals surface area contributed by atoms with Gasteiger partial charge >= 0.3 is 5.97 Å². The van der Waals surface area contributed by atoms with Crippen molar-refractivity contribution in [2.24, 2.45) is 0 Å². The van der Waals surface area contributed by atoms with Crippen molar-refractivity contribution in [3.8, 4) is 0 Å². The molecule has 1 fully saturated rings. The number of H-pyrrole nitrogens is 1. The van der Waals surface area contributed by atoms with Gasteiger partial charge in [-0.3, -0.25) is 4.79 Å². The third-order valence-corrected chi connectivity index (χ3v) is 7.66. The highest BCUT2D eigenvalue weighted by atomic mass is 32.2.